The third-order valence-electron chi connectivity index (χ3n) is 2.39. The van der Waals surface area contributed by atoms with E-state index in [9.17, 15) is 13.2 Å². The number of nitrogens with zero attached hydrogens (tertiary/aromatic N) is 1. The van der Waals surface area contributed by atoms with Gasteiger partial charge in [-0.2, -0.15) is 17.4 Å². The summed E-state index contributed by atoms with van der Waals surface area (Å²) in [6.45, 7) is 0.281. The van der Waals surface area contributed by atoms with Gasteiger partial charge in [0.05, 0.1) is 13.5 Å². The van der Waals surface area contributed by atoms with Crippen molar-refractivity contribution in [3.63, 3.8) is 0 Å². The van der Waals surface area contributed by atoms with Crippen LogP contribution in [0.5, 0.6) is 0 Å². The molecule has 102 valence electrons. The molecule has 0 atom stereocenters. The summed E-state index contributed by atoms with van der Waals surface area (Å²) in [6, 6.07) is 1.77. The van der Waals surface area contributed by atoms with Gasteiger partial charge in [0.15, 0.2) is 0 Å². The summed E-state index contributed by atoms with van der Waals surface area (Å²) >= 11 is 0. The van der Waals surface area contributed by atoms with Gasteiger partial charge in [0.1, 0.15) is 0 Å². The molecule has 0 aliphatic heterocycles. The second-order valence-corrected chi connectivity index (χ2v) is 5.56. The van der Waals surface area contributed by atoms with Crippen molar-refractivity contribution >= 4 is 16.2 Å². The molecule has 0 unspecified atom stereocenters. The van der Waals surface area contributed by atoms with Gasteiger partial charge in [-0.25, -0.2) is 0 Å². The van der Waals surface area contributed by atoms with Gasteiger partial charge in [-0.05, 0) is 11.6 Å². The topological polar surface area (TPSA) is 91.5 Å². The molecule has 18 heavy (non-hydrogen) atoms. The number of hydrogen-bond acceptors (Lipinski definition) is 4. The number of H-pyrrole nitrogens is 1. The molecule has 7 nitrogen and oxygen atoms in total. The highest BCUT2D eigenvalue weighted by Crippen LogP contribution is 2.01. The molecule has 0 aliphatic carbocycles. The van der Waals surface area contributed by atoms with Crippen molar-refractivity contribution < 1.29 is 17.9 Å². The normalized spacial score (nSPS) is 11.7. The maximum absolute atomic E-state index is 11.8. The lowest BCUT2D eigenvalue weighted by atomic mass is 10.4. The van der Waals surface area contributed by atoms with E-state index in [0.29, 0.717) is 0 Å². The van der Waals surface area contributed by atoms with Gasteiger partial charge in [0.2, 0.25) is 0 Å². The van der Waals surface area contributed by atoms with Crippen molar-refractivity contribution in [2.45, 2.75) is 13.0 Å². The summed E-state index contributed by atoms with van der Waals surface area (Å²) in [5.41, 5.74) is 0.833. The second-order valence-electron chi connectivity index (χ2n) is 3.69. The zero-order valence-corrected chi connectivity index (χ0v) is 11.2. The molecular weight excluding hydrogens is 258 g/mol. The minimum atomic E-state index is -3.58. The van der Waals surface area contributed by atoms with Crippen molar-refractivity contribution in [1.82, 2.24) is 14.0 Å². The molecule has 0 fully saturated rings. The van der Waals surface area contributed by atoms with Gasteiger partial charge >= 0.3 is 5.97 Å². The van der Waals surface area contributed by atoms with Gasteiger partial charge in [0.25, 0.3) is 10.2 Å². The van der Waals surface area contributed by atoms with Crippen molar-refractivity contribution in [2.24, 2.45) is 0 Å². The Morgan fingerprint density at radius 1 is 1.56 bits per heavy atom. The van der Waals surface area contributed by atoms with E-state index in [2.05, 4.69) is 14.4 Å². The highest BCUT2D eigenvalue weighted by Gasteiger charge is 2.18. The van der Waals surface area contributed by atoms with E-state index in [1.165, 1.54) is 14.2 Å². The Hall–Kier alpha value is -1.38. The van der Waals surface area contributed by atoms with Crippen LogP contribution in [0.3, 0.4) is 0 Å². The molecular formula is C10H17N3O4S. The number of aromatic nitrogens is 1. The summed E-state index contributed by atoms with van der Waals surface area (Å²) in [5.74, 6) is -0.442. The average molecular weight is 275 g/mol. The Kier molecular flexibility index (Phi) is 5.32. The fourth-order valence-electron chi connectivity index (χ4n) is 1.22. The number of rotatable bonds is 7. The van der Waals surface area contributed by atoms with Crippen molar-refractivity contribution in [1.29, 1.82) is 0 Å². The summed E-state index contributed by atoms with van der Waals surface area (Å²) in [5, 5.41) is 0. The third-order valence-corrected chi connectivity index (χ3v) is 3.90. The Labute approximate surface area is 106 Å². The zero-order chi connectivity index (χ0) is 13.6. The summed E-state index contributed by atoms with van der Waals surface area (Å²) in [7, 11) is -0.909. The first-order valence-electron chi connectivity index (χ1n) is 5.35. The summed E-state index contributed by atoms with van der Waals surface area (Å²) < 4.78 is 31.5. The smallest absolute Gasteiger partial charge is 0.306 e. The Bertz CT molecular complexity index is 469. The first-order chi connectivity index (χ1) is 8.45. The van der Waals surface area contributed by atoms with Crippen LogP contribution in [0, 0.1) is 0 Å². The monoisotopic (exact) mass is 275 g/mol. The number of methoxy groups -OCH3 is 1. The lowest BCUT2D eigenvalue weighted by Gasteiger charge is -2.16. The Morgan fingerprint density at radius 3 is 2.83 bits per heavy atom. The predicted octanol–water partition coefficient (Wildman–Crippen LogP) is -0.156. The van der Waals surface area contributed by atoms with E-state index >= 15 is 0 Å². The van der Waals surface area contributed by atoms with Crippen LogP contribution in [0.4, 0.5) is 0 Å². The minimum absolute atomic E-state index is 0.0259. The van der Waals surface area contributed by atoms with E-state index in [4.69, 9.17) is 0 Å². The van der Waals surface area contributed by atoms with Crippen LogP contribution in [0.25, 0.3) is 0 Å². The SMILES string of the molecule is COC(=O)CCN(C)S(=O)(=O)NCc1cc[nH]c1. The van der Waals surface area contributed by atoms with E-state index in [1.807, 2.05) is 0 Å². The fourth-order valence-corrected chi connectivity index (χ4v) is 2.13. The van der Waals surface area contributed by atoms with Crippen LogP contribution in [-0.4, -0.2) is 44.4 Å². The van der Waals surface area contributed by atoms with Gasteiger partial charge < -0.3 is 9.72 Å². The van der Waals surface area contributed by atoms with Crippen molar-refractivity contribution in [3.8, 4) is 0 Å². The quantitative estimate of drug-likeness (QED) is 0.677. The number of carbonyl (C=O) groups excluding carboxylic acids is 1. The molecule has 0 saturated heterocycles. The third kappa shape index (κ3) is 4.47. The van der Waals surface area contributed by atoms with Crippen LogP contribution in [0.2, 0.25) is 0 Å². The van der Waals surface area contributed by atoms with Gasteiger partial charge in [0, 0.05) is 32.5 Å². The summed E-state index contributed by atoms with van der Waals surface area (Å²) in [4.78, 5) is 13.8. The zero-order valence-electron chi connectivity index (χ0n) is 10.3. The average Bonchev–Trinajstić information content (AvgIpc) is 2.86. The summed E-state index contributed by atoms with van der Waals surface area (Å²) in [6.07, 6.45) is 3.44. The number of nitrogens with one attached hydrogen (secondary N) is 2. The molecule has 1 rings (SSSR count). The molecule has 0 amide bonds. The molecule has 0 aromatic carbocycles. The van der Waals surface area contributed by atoms with E-state index in [1.54, 1.807) is 18.5 Å². The molecule has 1 aromatic heterocycles. The number of esters is 1. The lowest BCUT2D eigenvalue weighted by Crippen LogP contribution is -2.38. The van der Waals surface area contributed by atoms with E-state index < -0.39 is 16.2 Å². The maximum atomic E-state index is 11.8. The van der Waals surface area contributed by atoms with Crippen LogP contribution in [-0.2, 0) is 26.3 Å². The van der Waals surface area contributed by atoms with Crippen molar-refractivity contribution in [2.75, 3.05) is 20.7 Å². The molecule has 2 N–H and O–H groups in total. The van der Waals surface area contributed by atoms with E-state index in [-0.39, 0.29) is 19.5 Å². The number of ether oxygens (including phenoxy) is 1. The van der Waals surface area contributed by atoms with Crippen LogP contribution in [0.1, 0.15) is 12.0 Å². The molecule has 0 aliphatic rings. The second kappa shape index (κ2) is 6.53. The van der Waals surface area contributed by atoms with Gasteiger partial charge in [-0.3, -0.25) is 4.79 Å². The highest BCUT2D eigenvalue weighted by molar-refractivity contribution is 7.87. The number of hydrogen-bond donors (Lipinski definition) is 2. The van der Waals surface area contributed by atoms with Crippen molar-refractivity contribution in [3.05, 3.63) is 24.0 Å². The lowest BCUT2D eigenvalue weighted by molar-refractivity contribution is -0.140. The van der Waals surface area contributed by atoms with Crippen LogP contribution >= 0.6 is 0 Å². The van der Waals surface area contributed by atoms with Gasteiger partial charge in [-0.15, -0.1) is 0 Å². The molecule has 8 heteroatoms. The Balaban J connectivity index is 2.44. The molecule has 1 heterocycles. The minimum Gasteiger partial charge on any atom is -0.469 e. The molecule has 0 saturated carbocycles. The van der Waals surface area contributed by atoms with Crippen LogP contribution < -0.4 is 4.72 Å². The first-order valence-corrected chi connectivity index (χ1v) is 6.79. The maximum Gasteiger partial charge on any atom is 0.306 e. The molecule has 1 aromatic rings. The molecule has 0 bridgehead atoms. The molecule has 0 radical (unpaired) electrons. The first kappa shape index (κ1) is 14.7. The predicted molar refractivity (Wildman–Crippen MR) is 65.8 cm³/mol. The largest absolute Gasteiger partial charge is 0.469 e. The van der Waals surface area contributed by atoms with Crippen LogP contribution in [0.15, 0.2) is 18.5 Å². The van der Waals surface area contributed by atoms with E-state index in [0.717, 1.165) is 9.87 Å². The highest BCUT2D eigenvalue weighted by atomic mass is 32.2. The number of aromatic amines is 1. The Morgan fingerprint density at radius 2 is 2.28 bits per heavy atom. The fraction of sp³-hybridized carbons (Fsp3) is 0.500. The van der Waals surface area contributed by atoms with Gasteiger partial charge in [-0.1, -0.05) is 0 Å². The molecule has 0 spiro atoms. The standard InChI is InChI=1S/C10H17N3O4S/c1-13(6-4-10(14)17-2)18(15,16)12-8-9-3-5-11-7-9/h3,5,7,11-12H,4,6,8H2,1-2H3. The number of carbonyl (C=O) groups is 1.